The van der Waals surface area contributed by atoms with Crippen LogP contribution in [0.5, 0.6) is 0 Å². The van der Waals surface area contributed by atoms with Gasteiger partial charge in [0.2, 0.25) is 0 Å². The smallest absolute Gasteiger partial charge is 0.328 e. The number of piperidine rings is 1. The standard InChI is InChI=1S/C13H18N2O3S/c1-8-11(19-9(2)14-8)12(16)15-7-5-4-6-10(15)13(17)18-3/h10H,4-7H2,1-3H3. The third-order valence-electron chi connectivity index (χ3n) is 3.33. The van der Waals surface area contributed by atoms with Crippen LogP contribution in [-0.2, 0) is 9.53 Å². The van der Waals surface area contributed by atoms with Gasteiger partial charge in [-0.2, -0.15) is 0 Å². The van der Waals surface area contributed by atoms with Crippen LogP contribution >= 0.6 is 11.3 Å². The lowest BCUT2D eigenvalue weighted by atomic mass is 10.0. The van der Waals surface area contributed by atoms with Gasteiger partial charge in [-0.3, -0.25) is 4.79 Å². The van der Waals surface area contributed by atoms with E-state index in [2.05, 4.69) is 4.98 Å². The van der Waals surface area contributed by atoms with Gasteiger partial charge in [0.1, 0.15) is 10.9 Å². The van der Waals surface area contributed by atoms with E-state index in [1.807, 2.05) is 13.8 Å². The predicted molar refractivity (Wildman–Crippen MR) is 72.3 cm³/mol. The monoisotopic (exact) mass is 282 g/mol. The molecule has 1 amide bonds. The predicted octanol–water partition coefficient (Wildman–Crippen LogP) is 1.93. The Kier molecular flexibility index (Phi) is 4.19. The zero-order valence-corrected chi connectivity index (χ0v) is 12.2. The molecule has 1 aliphatic rings. The Labute approximate surface area is 116 Å². The van der Waals surface area contributed by atoms with Crippen molar-refractivity contribution in [3.8, 4) is 0 Å². The Bertz CT molecular complexity index is 498. The van der Waals surface area contributed by atoms with Crippen LogP contribution in [0.4, 0.5) is 0 Å². The maximum absolute atomic E-state index is 12.6. The lowest BCUT2D eigenvalue weighted by molar-refractivity contribution is -0.147. The summed E-state index contributed by atoms with van der Waals surface area (Å²) in [5.41, 5.74) is 0.738. The number of likely N-dealkylation sites (tertiary alicyclic amines) is 1. The molecule has 0 aliphatic carbocycles. The van der Waals surface area contributed by atoms with Crippen LogP contribution in [0.2, 0.25) is 0 Å². The highest BCUT2D eigenvalue weighted by Crippen LogP contribution is 2.25. The van der Waals surface area contributed by atoms with E-state index >= 15 is 0 Å². The number of hydrogen-bond donors (Lipinski definition) is 0. The van der Waals surface area contributed by atoms with Gasteiger partial charge in [0, 0.05) is 6.54 Å². The summed E-state index contributed by atoms with van der Waals surface area (Å²) in [4.78, 5) is 30.9. The molecule has 5 nitrogen and oxygen atoms in total. The summed E-state index contributed by atoms with van der Waals surface area (Å²) in [6.45, 7) is 4.31. The number of carbonyl (C=O) groups excluding carboxylic acids is 2. The molecule has 1 unspecified atom stereocenters. The van der Waals surface area contributed by atoms with Crippen LogP contribution < -0.4 is 0 Å². The van der Waals surface area contributed by atoms with Crippen LogP contribution in [-0.4, -0.2) is 41.5 Å². The molecular formula is C13H18N2O3S. The summed E-state index contributed by atoms with van der Waals surface area (Å²) < 4.78 is 4.80. The van der Waals surface area contributed by atoms with Crippen LogP contribution in [0.3, 0.4) is 0 Å². The van der Waals surface area contributed by atoms with Crippen LogP contribution in [0.1, 0.15) is 39.6 Å². The number of carbonyl (C=O) groups is 2. The molecule has 2 heterocycles. The molecule has 1 atom stereocenters. The normalized spacial score (nSPS) is 19.3. The Morgan fingerprint density at radius 1 is 1.37 bits per heavy atom. The molecule has 0 N–H and O–H groups in total. The Morgan fingerprint density at radius 3 is 2.68 bits per heavy atom. The molecule has 0 radical (unpaired) electrons. The molecule has 2 rings (SSSR count). The van der Waals surface area contributed by atoms with Crippen molar-refractivity contribution < 1.29 is 14.3 Å². The number of hydrogen-bond acceptors (Lipinski definition) is 5. The first-order valence-corrected chi connectivity index (χ1v) is 7.19. The number of amides is 1. The van der Waals surface area contributed by atoms with E-state index in [1.165, 1.54) is 18.4 Å². The summed E-state index contributed by atoms with van der Waals surface area (Å²) in [5.74, 6) is -0.426. The largest absolute Gasteiger partial charge is 0.467 e. The Morgan fingerprint density at radius 2 is 2.11 bits per heavy atom. The summed E-state index contributed by atoms with van der Waals surface area (Å²) in [7, 11) is 1.36. The van der Waals surface area contributed by atoms with Crippen molar-refractivity contribution in [2.24, 2.45) is 0 Å². The first kappa shape index (κ1) is 14.0. The molecule has 0 bridgehead atoms. The number of esters is 1. The number of thiazole rings is 1. The molecule has 104 valence electrons. The minimum absolute atomic E-state index is 0.0989. The fraction of sp³-hybridized carbons (Fsp3) is 0.615. The maximum Gasteiger partial charge on any atom is 0.328 e. The Balaban J connectivity index is 2.25. The van der Waals surface area contributed by atoms with Crippen LogP contribution in [0.15, 0.2) is 0 Å². The first-order valence-electron chi connectivity index (χ1n) is 6.37. The zero-order chi connectivity index (χ0) is 14.0. The molecular weight excluding hydrogens is 264 g/mol. The van der Waals surface area contributed by atoms with Gasteiger partial charge >= 0.3 is 5.97 Å². The summed E-state index contributed by atoms with van der Waals surface area (Å²) >= 11 is 1.38. The van der Waals surface area contributed by atoms with E-state index in [0.717, 1.165) is 23.5 Å². The quantitative estimate of drug-likeness (QED) is 0.778. The highest BCUT2D eigenvalue weighted by Gasteiger charge is 2.34. The minimum Gasteiger partial charge on any atom is -0.467 e. The lowest BCUT2D eigenvalue weighted by Gasteiger charge is -2.33. The van der Waals surface area contributed by atoms with Gasteiger partial charge in [0.25, 0.3) is 5.91 Å². The second kappa shape index (κ2) is 5.69. The Hall–Kier alpha value is -1.43. The lowest BCUT2D eigenvalue weighted by Crippen LogP contribution is -2.48. The van der Waals surface area contributed by atoms with Crippen LogP contribution in [0, 0.1) is 13.8 Å². The van der Waals surface area contributed by atoms with Crippen molar-refractivity contribution in [2.45, 2.75) is 39.2 Å². The van der Waals surface area contributed by atoms with E-state index in [4.69, 9.17) is 4.74 Å². The van der Waals surface area contributed by atoms with Crippen molar-refractivity contribution in [3.63, 3.8) is 0 Å². The second-order valence-corrected chi connectivity index (χ2v) is 5.88. The highest BCUT2D eigenvalue weighted by atomic mass is 32.1. The number of aromatic nitrogens is 1. The fourth-order valence-electron chi connectivity index (χ4n) is 2.42. The topological polar surface area (TPSA) is 59.5 Å². The van der Waals surface area contributed by atoms with E-state index in [9.17, 15) is 9.59 Å². The van der Waals surface area contributed by atoms with Crippen molar-refractivity contribution in [2.75, 3.05) is 13.7 Å². The number of rotatable bonds is 2. The van der Waals surface area contributed by atoms with E-state index < -0.39 is 6.04 Å². The summed E-state index contributed by atoms with van der Waals surface area (Å²) in [6.07, 6.45) is 2.55. The summed E-state index contributed by atoms with van der Waals surface area (Å²) in [6, 6.07) is -0.451. The van der Waals surface area contributed by atoms with Gasteiger partial charge in [-0.25, -0.2) is 9.78 Å². The third kappa shape index (κ3) is 2.78. The molecule has 0 spiro atoms. The molecule has 6 heteroatoms. The first-order chi connectivity index (χ1) is 9.04. The fourth-order valence-corrected chi connectivity index (χ4v) is 3.29. The van der Waals surface area contributed by atoms with Gasteiger partial charge in [-0.1, -0.05) is 0 Å². The van der Waals surface area contributed by atoms with Crippen molar-refractivity contribution in [3.05, 3.63) is 15.6 Å². The number of nitrogens with zero attached hydrogens (tertiary/aromatic N) is 2. The van der Waals surface area contributed by atoms with E-state index in [1.54, 1.807) is 4.90 Å². The third-order valence-corrected chi connectivity index (χ3v) is 4.40. The SMILES string of the molecule is COC(=O)C1CCCCN1C(=O)c1sc(C)nc1C. The molecule has 1 aromatic heterocycles. The van der Waals surface area contributed by atoms with E-state index in [-0.39, 0.29) is 11.9 Å². The van der Waals surface area contributed by atoms with Gasteiger partial charge in [-0.05, 0) is 33.1 Å². The molecule has 0 aromatic carbocycles. The summed E-state index contributed by atoms with van der Waals surface area (Å²) in [5, 5.41) is 0.868. The van der Waals surface area contributed by atoms with Crippen molar-refractivity contribution in [1.82, 2.24) is 9.88 Å². The number of ether oxygens (including phenoxy) is 1. The van der Waals surface area contributed by atoms with Gasteiger partial charge in [0.15, 0.2) is 0 Å². The maximum atomic E-state index is 12.6. The number of methoxy groups -OCH3 is 1. The highest BCUT2D eigenvalue weighted by molar-refractivity contribution is 7.13. The molecule has 0 saturated carbocycles. The second-order valence-electron chi connectivity index (χ2n) is 4.68. The minimum atomic E-state index is -0.451. The average Bonchev–Trinajstić information content (AvgIpc) is 2.76. The molecule has 19 heavy (non-hydrogen) atoms. The number of aryl methyl sites for hydroxylation is 2. The van der Waals surface area contributed by atoms with Gasteiger partial charge in [0.05, 0.1) is 17.8 Å². The van der Waals surface area contributed by atoms with E-state index in [0.29, 0.717) is 17.8 Å². The van der Waals surface area contributed by atoms with Crippen molar-refractivity contribution >= 4 is 23.2 Å². The molecule has 1 saturated heterocycles. The van der Waals surface area contributed by atoms with Crippen LogP contribution in [0.25, 0.3) is 0 Å². The van der Waals surface area contributed by atoms with Gasteiger partial charge in [-0.15, -0.1) is 11.3 Å². The average molecular weight is 282 g/mol. The van der Waals surface area contributed by atoms with Gasteiger partial charge < -0.3 is 9.64 Å². The zero-order valence-electron chi connectivity index (χ0n) is 11.4. The molecule has 1 aliphatic heterocycles. The van der Waals surface area contributed by atoms with Crippen molar-refractivity contribution in [1.29, 1.82) is 0 Å². The molecule has 1 fully saturated rings. The molecule has 1 aromatic rings.